The van der Waals surface area contributed by atoms with E-state index in [9.17, 15) is 44.0 Å². The zero-order valence-corrected chi connectivity index (χ0v) is 36.2. The number of guanidine groups is 1. The summed E-state index contributed by atoms with van der Waals surface area (Å²) in [5.74, 6) is -2.70. The molecule has 0 unspecified atom stereocenters. The Kier molecular flexibility index (Phi) is 16.8. The van der Waals surface area contributed by atoms with Crippen molar-refractivity contribution in [1.82, 2.24) is 31.2 Å². The number of hydrogen-bond donors (Lipinski definition) is 9. The van der Waals surface area contributed by atoms with Crippen LogP contribution in [-0.4, -0.2) is 123 Å². The second-order valence-electron chi connectivity index (χ2n) is 16.6. The van der Waals surface area contributed by atoms with E-state index in [1.807, 2.05) is 26.0 Å². The van der Waals surface area contributed by atoms with Crippen molar-refractivity contribution < 1.29 is 38.9 Å². The zero-order valence-electron chi connectivity index (χ0n) is 36.2. The van der Waals surface area contributed by atoms with Crippen LogP contribution < -0.4 is 43.9 Å². The Morgan fingerprint density at radius 1 is 0.969 bits per heavy atom. The summed E-state index contributed by atoms with van der Waals surface area (Å²) in [6.45, 7) is 5.91. The molecule has 3 aliphatic heterocycles. The maximum absolute atomic E-state index is 14.2. The largest absolute Gasteiger partial charge is 0.391 e. The lowest BCUT2D eigenvalue weighted by Crippen LogP contribution is -2.58. The maximum Gasteiger partial charge on any atom is 0.260 e. The number of benzene rings is 2. The molecule has 3 aliphatic rings. The predicted octanol–water partition coefficient (Wildman–Crippen LogP) is -0.122. The molecule has 0 radical (unpaired) electrons. The van der Waals surface area contributed by atoms with Crippen molar-refractivity contribution in [2.24, 2.45) is 33.1 Å². The highest BCUT2D eigenvalue weighted by molar-refractivity contribution is 6.24. The van der Waals surface area contributed by atoms with Crippen molar-refractivity contribution in [1.29, 1.82) is 0 Å². The van der Waals surface area contributed by atoms with Gasteiger partial charge in [-0.1, -0.05) is 37.5 Å². The van der Waals surface area contributed by atoms with Crippen LogP contribution in [0.15, 0.2) is 52.4 Å². The fourth-order valence-corrected chi connectivity index (χ4v) is 7.77. The Hall–Kier alpha value is -6.52. The summed E-state index contributed by atoms with van der Waals surface area (Å²) in [5, 5.41) is 30.9. The molecular weight excluding hydrogens is 831 g/mol. The van der Waals surface area contributed by atoms with Gasteiger partial charge in [0.2, 0.25) is 29.5 Å². The zero-order chi connectivity index (χ0) is 46.7. The Morgan fingerprint density at radius 2 is 1.69 bits per heavy atom. The number of fused-ring (bicyclic) bond motifs is 4. The van der Waals surface area contributed by atoms with Crippen LogP contribution in [0.5, 0.6) is 0 Å². The molecule has 0 saturated carbocycles. The molecule has 6 amide bonds. The molecule has 22 heteroatoms. The fourth-order valence-electron chi connectivity index (χ4n) is 7.77. The normalized spacial score (nSPS) is 17.8. The number of anilines is 1. The minimum Gasteiger partial charge on any atom is -0.391 e. The predicted molar refractivity (Wildman–Crippen MR) is 236 cm³/mol. The van der Waals surface area contributed by atoms with E-state index in [4.69, 9.17) is 22.2 Å². The van der Waals surface area contributed by atoms with Crippen LogP contribution in [0.1, 0.15) is 93.6 Å². The number of rotatable bonds is 21. The number of likely N-dealkylation sites (tertiary alicyclic amines) is 1. The van der Waals surface area contributed by atoms with E-state index < -0.39 is 70.9 Å². The van der Waals surface area contributed by atoms with Gasteiger partial charge in [-0.3, -0.25) is 33.7 Å². The van der Waals surface area contributed by atoms with Crippen molar-refractivity contribution in [2.45, 2.75) is 115 Å². The second kappa shape index (κ2) is 22.2. The summed E-state index contributed by atoms with van der Waals surface area (Å²) in [7, 11) is 0. The third kappa shape index (κ3) is 12.6. The number of unbranched alkanes of at least 4 members (excludes halogenated alkanes) is 1. The number of nitro groups is 1. The van der Waals surface area contributed by atoms with Crippen LogP contribution >= 0.6 is 0 Å². The third-order valence-electron chi connectivity index (χ3n) is 11.1. The van der Waals surface area contributed by atoms with E-state index in [2.05, 4.69) is 26.3 Å². The standard InChI is InChI=1S/C42H59N13O9/c1-23(2)20-29(43)36(57)46-17-7-6-12-32(51-39(60)34(44)24(3)56)41(62)53-19-9-14-33(53)38(59)50-31(13-8-18-47-42(45)52-55(63)64)37(58)48-26-15-16-30-25(21-26)22-54-35(49-30)27-10-4-5-11-28(27)40(54)61/h4-5,10-11,15-16,21,23-24,29,31-34,56H,6-9,12-14,17-20,22,43-44H2,1-3H3,(H,46,57)(H,48,58)(H,50,59)(H,51,60)(H3,45,47,52)/t24-,29+,31+,32+,33+,34+/m1/s1. The van der Waals surface area contributed by atoms with Gasteiger partial charge in [0.05, 0.1) is 29.9 Å². The number of aliphatic hydroxyl groups is 1. The van der Waals surface area contributed by atoms with Crippen LogP contribution in [0.25, 0.3) is 0 Å². The molecule has 346 valence electrons. The fraction of sp³-hybridized carbons (Fsp3) is 0.524. The van der Waals surface area contributed by atoms with Crippen LogP contribution in [0, 0.1) is 16.0 Å². The van der Waals surface area contributed by atoms with E-state index in [0.29, 0.717) is 54.0 Å². The van der Waals surface area contributed by atoms with E-state index in [-0.39, 0.29) is 69.6 Å². The van der Waals surface area contributed by atoms with Gasteiger partial charge in [0.25, 0.3) is 11.9 Å². The van der Waals surface area contributed by atoms with E-state index in [1.54, 1.807) is 40.7 Å². The van der Waals surface area contributed by atoms with Gasteiger partial charge >= 0.3 is 0 Å². The summed E-state index contributed by atoms with van der Waals surface area (Å²) in [6.07, 6.45) is 1.14. The molecule has 5 rings (SSSR count). The van der Waals surface area contributed by atoms with Crippen LogP contribution in [0.4, 0.5) is 11.4 Å². The number of nitrogens with one attached hydrogen (secondary N) is 5. The number of hydrogen-bond acceptors (Lipinski definition) is 13. The lowest BCUT2D eigenvalue weighted by Gasteiger charge is -2.30. The van der Waals surface area contributed by atoms with Crippen LogP contribution in [-0.2, 0) is 30.5 Å². The number of hydrazine groups is 1. The minimum atomic E-state index is -1.33. The van der Waals surface area contributed by atoms with Gasteiger partial charge in [0.15, 0.2) is 5.03 Å². The van der Waals surface area contributed by atoms with Crippen molar-refractivity contribution >= 4 is 58.6 Å². The molecule has 64 heavy (non-hydrogen) atoms. The summed E-state index contributed by atoms with van der Waals surface area (Å²) < 4.78 is 0. The highest BCUT2D eigenvalue weighted by atomic mass is 16.7. The minimum absolute atomic E-state index is 0.0153. The van der Waals surface area contributed by atoms with Crippen molar-refractivity contribution in [3.8, 4) is 0 Å². The topological polar surface area (TPSA) is 335 Å². The molecule has 2 aromatic rings. The van der Waals surface area contributed by atoms with E-state index in [0.717, 1.165) is 5.56 Å². The number of aliphatic imine (C=N–C) groups is 2. The number of amidine groups is 1. The van der Waals surface area contributed by atoms with Crippen molar-refractivity contribution in [3.63, 3.8) is 0 Å². The first kappa shape index (κ1) is 48.5. The molecular formula is C42H59N13O9. The average Bonchev–Trinajstić information content (AvgIpc) is 3.85. The van der Waals surface area contributed by atoms with Gasteiger partial charge < -0.3 is 48.5 Å². The van der Waals surface area contributed by atoms with Crippen LogP contribution in [0.3, 0.4) is 0 Å². The summed E-state index contributed by atoms with van der Waals surface area (Å²) >= 11 is 0. The lowest BCUT2D eigenvalue weighted by molar-refractivity contribution is -0.525. The number of nitrogens with two attached hydrogens (primary N) is 3. The Labute approximate surface area is 370 Å². The van der Waals surface area contributed by atoms with Gasteiger partial charge in [-0.05, 0) is 94.0 Å². The molecule has 2 aromatic carbocycles. The number of carbonyl (C=O) groups is 6. The van der Waals surface area contributed by atoms with Gasteiger partial charge in [-0.15, -0.1) is 0 Å². The first-order chi connectivity index (χ1) is 30.4. The molecule has 0 aliphatic carbocycles. The maximum atomic E-state index is 14.2. The molecule has 0 aromatic heterocycles. The Bertz CT molecular complexity index is 2150. The number of amides is 6. The quantitative estimate of drug-likeness (QED) is 0.0260. The van der Waals surface area contributed by atoms with Gasteiger partial charge in [0.1, 0.15) is 30.0 Å². The van der Waals surface area contributed by atoms with Gasteiger partial charge in [0, 0.05) is 30.9 Å². The van der Waals surface area contributed by atoms with Gasteiger partial charge in [-0.2, -0.15) is 0 Å². The molecule has 1 fully saturated rings. The monoisotopic (exact) mass is 889 g/mol. The highest BCUT2D eigenvalue weighted by Crippen LogP contribution is 2.35. The summed E-state index contributed by atoms with van der Waals surface area (Å²) in [5.41, 5.74) is 22.1. The Balaban J connectivity index is 1.28. The molecule has 22 nitrogen and oxygen atoms in total. The Morgan fingerprint density at radius 3 is 2.39 bits per heavy atom. The smallest absolute Gasteiger partial charge is 0.260 e. The number of carbonyl (C=O) groups excluding carboxylic acids is 6. The average molecular weight is 890 g/mol. The summed E-state index contributed by atoms with van der Waals surface area (Å²) in [6, 6.07) is 6.95. The molecule has 0 spiro atoms. The first-order valence-electron chi connectivity index (χ1n) is 21.5. The molecule has 3 heterocycles. The van der Waals surface area contributed by atoms with E-state index in [1.165, 1.54) is 11.8 Å². The second-order valence-corrected chi connectivity index (χ2v) is 16.6. The van der Waals surface area contributed by atoms with Gasteiger partial charge in [-0.25, -0.2) is 20.1 Å². The lowest BCUT2D eigenvalue weighted by atomic mass is 10.0. The van der Waals surface area contributed by atoms with Crippen molar-refractivity contribution in [3.05, 3.63) is 69.3 Å². The van der Waals surface area contributed by atoms with Crippen molar-refractivity contribution in [2.75, 3.05) is 25.0 Å². The number of aliphatic hydroxyl groups excluding tert-OH is 1. The SMILES string of the molecule is CC(C)C[C@H](N)C(=O)NCCCC[C@H](NC(=O)[C@@H](N)[C@@H](C)O)C(=O)N1CCC[C@H]1C(=O)N[C@@H](CCCN=C(N)N[N+](=O)[O-])C(=O)Nc1ccc2c(c1)CN1C(=O)c3ccccc3C1=N2. The molecule has 6 atom stereocenters. The molecule has 0 bridgehead atoms. The van der Waals surface area contributed by atoms with E-state index >= 15 is 0 Å². The third-order valence-corrected chi connectivity index (χ3v) is 11.1. The van der Waals surface area contributed by atoms with Crippen LogP contribution in [0.2, 0.25) is 0 Å². The summed E-state index contributed by atoms with van der Waals surface area (Å²) in [4.78, 5) is 103. The molecule has 1 saturated heterocycles. The number of nitrogens with zero attached hydrogens (tertiary/aromatic N) is 5. The first-order valence-corrected chi connectivity index (χ1v) is 21.5. The molecule has 12 N–H and O–H groups in total. The highest BCUT2D eigenvalue weighted by Gasteiger charge is 2.40.